The first kappa shape index (κ1) is 16.4. The number of β-amino-alcohol motifs (C(OH)–C–C–N with tert-alkyl or cyclic N) is 1. The highest BCUT2D eigenvalue weighted by Crippen LogP contribution is 2.16. The highest BCUT2D eigenvalue weighted by molar-refractivity contribution is 5.81. The van der Waals surface area contributed by atoms with Gasteiger partial charge in [-0.2, -0.15) is 0 Å². The molecule has 1 heterocycles. The molecule has 3 unspecified atom stereocenters. The lowest BCUT2D eigenvalue weighted by Crippen LogP contribution is -2.51. The number of likely N-dealkylation sites (N-methyl/N-ethyl adjacent to an activating group) is 1. The van der Waals surface area contributed by atoms with Gasteiger partial charge >= 0.3 is 0 Å². The van der Waals surface area contributed by atoms with Crippen LogP contribution in [0.25, 0.3) is 0 Å². The van der Waals surface area contributed by atoms with Crippen LogP contribution in [0.2, 0.25) is 0 Å². The molecule has 0 aromatic rings. The minimum atomic E-state index is -0.696. The largest absolute Gasteiger partial charge is 0.387 e. The van der Waals surface area contributed by atoms with E-state index < -0.39 is 5.60 Å². The van der Waals surface area contributed by atoms with Gasteiger partial charge in [-0.15, -0.1) is 0 Å². The molecule has 0 aromatic carbocycles. The monoisotopic (exact) mass is 271 g/mol. The highest BCUT2D eigenvalue weighted by Gasteiger charge is 2.34. The molecular formula is C14H29N3O2. The lowest BCUT2D eigenvalue weighted by molar-refractivity contribution is -0.127. The summed E-state index contributed by atoms with van der Waals surface area (Å²) >= 11 is 0. The summed E-state index contributed by atoms with van der Waals surface area (Å²) in [6.45, 7) is 8.01. The van der Waals surface area contributed by atoms with Crippen LogP contribution in [-0.2, 0) is 4.79 Å². The third kappa shape index (κ3) is 5.09. The zero-order valence-electron chi connectivity index (χ0n) is 12.7. The average molecular weight is 271 g/mol. The van der Waals surface area contributed by atoms with Crippen LogP contribution in [0.5, 0.6) is 0 Å². The van der Waals surface area contributed by atoms with Crippen molar-refractivity contribution in [2.75, 3.05) is 26.7 Å². The molecular weight excluding hydrogens is 242 g/mol. The molecule has 1 rings (SSSR count). The summed E-state index contributed by atoms with van der Waals surface area (Å²) in [5, 5.41) is 16.5. The van der Waals surface area contributed by atoms with E-state index in [4.69, 9.17) is 0 Å². The normalized spacial score (nSPS) is 26.4. The minimum Gasteiger partial charge on any atom is -0.387 e. The van der Waals surface area contributed by atoms with E-state index in [1.807, 2.05) is 25.8 Å². The van der Waals surface area contributed by atoms with Gasteiger partial charge in [0.25, 0.3) is 0 Å². The molecule has 1 aliphatic rings. The van der Waals surface area contributed by atoms with Crippen molar-refractivity contribution in [2.24, 2.45) is 0 Å². The molecule has 0 saturated carbocycles. The van der Waals surface area contributed by atoms with Crippen LogP contribution >= 0.6 is 0 Å². The lowest BCUT2D eigenvalue weighted by Gasteiger charge is -2.32. The predicted octanol–water partition coefficient (Wildman–Crippen LogP) is 0.336. The number of aliphatic hydroxyl groups is 1. The molecule has 112 valence electrons. The van der Waals surface area contributed by atoms with E-state index in [2.05, 4.69) is 17.6 Å². The molecule has 1 fully saturated rings. The van der Waals surface area contributed by atoms with Gasteiger partial charge in [-0.05, 0) is 40.3 Å². The number of hydrogen-bond donors (Lipinski definition) is 3. The first-order valence-electron chi connectivity index (χ1n) is 7.31. The topological polar surface area (TPSA) is 64.6 Å². The maximum atomic E-state index is 12.1. The van der Waals surface area contributed by atoms with Gasteiger partial charge in [0.2, 0.25) is 5.91 Å². The SMILES string of the molecule is CCCC(C)NC(=O)C(C)N(C)CC1(O)CCNC1. The zero-order chi connectivity index (χ0) is 14.5. The second-order valence-electron chi connectivity index (χ2n) is 5.94. The maximum Gasteiger partial charge on any atom is 0.237 e. The fourth-order valence-electron chi connectivity index (χ4n) is 2.54. The number of amides is 1. The van der Waals surface area contributed by atoms with Crippen LogP contribution in [0.15, 0.2) is 0 Å². The van der Waals surface area contributed by atoms with Crippen LogP contribution in [0.4, 0.5) is 0 Å². The molecule has 1 saturated heterocycles. The van der Waals surface area contributed by atoms with Gasteiger partial charge < -0.3 is 15.7 Å². The van der Waals surface area contributed by atoms with Gasteiger partial charge in [0.05, 0.1) is 11.6 Å². The summed E-state index contributed by atoms with van der Waals surface area (Å²) in [6.07, 6.45) is 2.81. The summed E-state index contributed by atoms with van der Waals surface area (Å²) in [4.78, 5) is 14.0. The van der Waals surface area contributed by atoms with Crippen molar-refractivity contribution in [3.8, 4) is 0 Å². The van der Waals surface area contributed by atoms with Gasteiger partial charge in [-0.25, -0.2) is 0 Å². The molecule has 0 aliphatic carbocycles. The molecule has 0 aromatic heterocycles. The summed E-state index contributed by atoms with van der Waals surface area (Å²) < 4.78 is 0. The molecule has 5 heteroatoms. The summed E-state index contributed by atoms with van der Waals surface area (Å²) in [7, 11) is 1.89. The Kier molecular flexibility index (Phi) is 6.23. The molecule has 1 amide bonds. The molecule has 0 radical (unpaired) electrons. The van der Waals surface area contributed by atoms with Gasteiger partial charge in [0.15, 0.2) is 0 Å². The van der Waals surface area contributed by atoms with E-state index >= 15 is 0 Å². The summed E-state index contributed by atoms with van der Waals surface area (Å²) in [5.41, 5.74) is -0.696. The van der Waals surface area contributed by atoms with E-state index in [1.165, 1.54) is 0 Å². The standard InChI is InChI=1S/C14H29N3O2/c1-5-6-11(2)16-13(18)12(3)17(4)10-14(19)7-8-15-9-14/h11-12,15,19H,5-10H2,1-4H3,(H,16,18). The third-order valence-electron chi connectivity index (χ3n) is 3.92. The van der Waals surface area contributed by atoms with Crippen LogP contribution in [0, 0.1) is 0 Å². The molecule has 1 aliphatic heterocycles. The summed E-state index contributed by atoms with van der Waals surface area (Å²) in [5.74, 6) is 0.0398. The quantitative estimate of drug-likeness (QED) is 0.625. The molecule has 3 N–H and O–H groups in total. The Labute approximate surface area is 116 Å². The van der Waals surface area contributed by atoms with E-state index in [0.717, 1.165) is 25.8 Å². The van der Waals surface area contributed by atoms with Crippen LogP contribution in [0.3, 0.4) is 0 Å². The number of rotatable bonds is 7. The fourth-order valence-corrected chi connectivity index (χ4v) is 2.54. The van der Waals surface area contributed by atoms with E-state index in [0.29, 0.717) is 13.1 Å². The predicted molar refractivity (Wildman–Crippen MR) is 77.0 cm³/mol. The zero-order valence-corrected chi connectivity index (χ0v) is 12.7. The van der Waals surface area contributed by atoms with Crippen LogP contribution < -0.4 is 10.6 Å². The van der Waals surface area contributed by atoms with Crippen molar-refractivity contribution in [1.29, 1.82) is 0 Å². The van der Waals surface area contributed by atoms with Crippen LogP contribution in [0.1, 0.15) is 40.0 Å². The number of nitrogens with zero attached hydrogens (tertiary/aromatic N) is 1. The van der Waals surface area contributed by atoms with Crippen molar-refractivity contribution in [3.63, 3.8) is 0 Å². The number of nitrogens with one attached hydrogen (secondary N) is 2. The van der Waals surface area contributed by atoms with E-state index in [-0.39, 0.29) is 18.0 Å². The van der Waals surface area contributed by atoms with Crippen molar-refractivity contribution in [2.45, 2.75) is 57.7 Å². The summed E-state index contributed by atoms with van der Waals surface area (Å²) in [6, 6.07) is -0.00600. The van der Waals surface area contributed by atoms with Crippen molar-refractivity contribution in [1.82, 2.24) is 15.5 Å². The first-order valence-corrected chi connectivity index (χ1v) is 7.31. The van der Waals surface area contributed by atoms with Gasteiger partial charge in [0.1, 0.15) is 0 Å². The Bertz CT molecular complexity index is 290. The fraction of sp³-hybridized carbons (Fsp3) is 0.929. The van der Waals surface area contributed by atoms with Gasteiger partial charge in [0, 0.05) is 19.1 Å². The second-order valence-corrected chi connectivity index (χ2v) is 5.94. The Morgan fingerprint density at radius 2 is 2.21 bits per heavy atom. The molecule has 3 atom stereocenters. The Morgan fingerprint density at radius 3 is 2.74 bits per heavy atom. The van der Waals surface area contributed by atoms with Crippen LogP contribution in [-0.4, -0.2) is 60.3 Å². The number of carbonyl (C=O) groups excluding carboxylic acids is 1. The molecule has 0 spiro atoms. The average Bonchev–Trinajstić information content (AvgIpc) is 2.74. The Hall–Kier alpha value is -0.650. The van der Waals surface area contributed by atoms with E-state index in [1.54, 1.807) is 0 Å². The minimum absolute atomic E-state index is 0.0398. The van der Waals surface area contributed by atoms with Crippen molar-refractivity contribution in [3.05, 3.63) is 0 Å². The second kappa shape index (κ2) is 7.22. The smallest absolute Gasteiger partial charge is 0.237 e. The number of hydrogen-bond acceptors (Lipinski definition) is 4. The lowest BCUT2D eigenvalue weighted by atomic mass is 10.0. The van der Waals surface area contributed by atoms with Crippen molar-refractivity contribution < 1.29 is 9.90 Å². The van der Waals surface area contributed by atoms with Gasteiger partial charge in [-0.3, -0.25) is 9.69 Å². The molecule has 5 nitrogen and oxygen atoms in total. The first-order chi connectivity index (χ1) is 8.88. The maximum absolute atomic E-state index is 12.1. The molecule has 19 heavy (non-hydrogen) atoms. The van der Waals surface area contributed by atoms with Gasteiger partial charge in [-0.1, -0.05) is 13.3 Å². The Balaban J connectivity index is 2.42. The van der Waals surface area contributed by atoms with Crippen molar-refractivity contribution >= 4 is 5.91 Å². The molecule has 0 bridgehead atoms. The number of carbonyl (C=O) groups is 1. The Morgan fingerprint density at radius 1 is 1.53 bits per heavy atom. The van der Waals surface area contributed by atoms with E-state index in [9.17, 15) is 9.90 Å². The third-order valence-corrected chi connectivity index (χ3v) is 3.92. The highest BCUT2D eigenvalue weighted by atomic mass is 16.3.